The van der Waals surface area contributed by atoms with Gasteiger partial charge in [0.2, 0.25) is 11.4 Å². The molecule has 0 heterocycles. The van der Waals surface area contributed by atoms with Crippen LogP contribution in [0.15, 0.2) is 0 Å². The van der Waals surface area contributed by atoms with Crippen molar-refractivity contribution in [1.29, 1.82) is 0 Å². The molecule has 0 saturated carbocycles. The number of rotatable bonds is 5. The van der Waals surface area contributed by atoms with Crippen molar-refractivity contribution < 1.29 is 32.7 Å². The fourth-order valence-corrected chi connectivity index (χ4v) is 1.19. The molecule has 10 heteroatoms. The van der Waals surface area contributed by atoms with Crippen molar-refractivity contribution in [1.82, 2.24) is 16.0 Å². The zero-order valence-electron chi connectivity index (χ0n) is 11.1. The van der Waals surface area contributed by atoms with E-state index in [-0.39, 0.29) is 6.54 Å². The molecule has 0 radical (unpaired) electrons. The molecule has 0 saturated heterocycles. The molecule has 0 rings (SSSR count). The van der Waals surface area contributed by atoms with Crippen LogP contribution in [-0.2, 0) is 9.59 Å². The van der Waals surface area contributed by atoms with E-state index in [9.17, 15) is 27.6 Å². The molecule has 0 aromatic rings. The largest absolute Gasteiger partial charge is 0.480 e. The van der Waals surface area contributed by atoms with Crippen LogP contribution in [0.25, 0.3) is 0 Å². The number of halogens is 3. The van der Waals surface area contributed by atoms with Gasteiger partial charge in [0.25, 0.3) is 0 Å². The zero-order valence-corrected chi connectivity index (χ0v) is 11.1. The summed E-state index contributed by atoms with van der Waals surface area (Å²) >= 11 is 0. The summed E-state index contributed by atoms with van der Waals surface area (Å²) in [5.41, 5.74) is -3.30. The average Bonchev–Trinajstić information content (AvgIpc) is 2.26. The lowest BCUT2D eigenvalue weighted by Crippen LogP contribution is -2.65. The summed E-state index contributed by atoms with van der Waals surface area (Å²) < 4.78 is 38.1. The van der Waals surface area contributed by atoms with Crippen molar-refractivity contribution >= 4 is 17.9 Å². The number of nitrogens with one attached hydrogen (secondary N) is 3. The second-order valence-electron chi connectivity index (χ2n) is 4.14. The second-order valence-corrected chi connectivity index (χ2v) is 4.14. The smallest absolute Gasteiger partial charge is 0.417 e. The zero-order chi connectivity index (χ0) is 16.1. The van der Waals surface area contributed by atoms with E-state index >= 15 is 0 Å². The maximum atomic E-state index is 12.7. The van der Waals surface area contributed by atoms with Crippen molar-refractivity contribution in [3.63, 3.8) is 0 Å². The van der Waals surface area contributed by atoms with Crippen molar-refractivity contribution in [3.8, 4) is 0 Å². The van der Waals surface area contributed by atoms with Gasteiger partial charge in [0, 0.05) is 6.54 Å². The van der Waals surface area contributed by atoms with Gasteiger partial charge in [0.15, 0.2) is 0 Å². The molecule has 20 heavy (non-hydrogen) atoms. The van der Waals surface area contributed by atoms with Crippen LogP contribution < -0.4 is 16.0 Å². The minimum absolute atomic E-state index is 0.219. The lowest BCUT2D eigenvalue weighted by molar-refractivity contribution is -0.207. The van der Waals surface area contributed by atoms with Crippen LogP contribution in [0.2, 0.25) is 0 Å². The highest BCUT2D eigenvalue weighted by Crippen LogP contribution is 2.30. The summed E-state index contributed by atoms with van der Waals surface area (Å²) in [5, 5.41) is 14.3. The maximum absolute atomic E-state index is 12.7. The number of aliphatic carboxylic acids is 1. The first-order valence-electron chi connectivity index (χ1n) is 5.62. The van der Waals surface area contributed by atoms with Gasteiger partial charge in [-0.3, -0.25) is 15.4 Å². The third-order valence-electron chi connectivity index (χ3n) is 2.47. The number of amides is 3. The van der Waals surface area contributed by atoms with Crippen LogP contribution in [-0.4, -0.2) is 47.3 Å². The molecule has 7 nitrogen and oxygen atoms in total. The van der Waals surface area contributed by atoms with Crippen molar-refractivity contribution in [2.24, 2.45) is 0 Å². The fraction of sp³-hybridized carbons (Fsp3) is 0.700. The van der Waals surface area contributed by atoms with Crippen LogP contribution in [0.4, 0.5) is 18.0 Å². The lowest BCUT2D eigenvalue weighted by atomic mass is 10.0. The molecule has 0 aliphatic heterocycles. The van der Waals surface area contributed by atoms with Crippen LogP contribution in [0.1, 0.15) is 20.8 Å². The van der Waals surface area contributed by atoms with Crippen LogP contribution in [0.5, 0.6) is 0 Å². The Morgan fingerprint density at radius 3 is 2.10 bits per heavy atom. The monoisotopic (exact) mass is 299 g/mol. The molecule has 2 unspecified atom stereocenters. The number of imide groups is 1. The fourth-order valence-electron chi connectivity index (χ4n) is 1.19. The summed E-state index contributed by atoms with van der Waals surface area (Å²) in [6, 6.07) is -2.42. The minimum atomic E-state index is -5.11. The normalized spacial score (nSPS) is 15.9. The van der Waals surface area contributed by atoms with Gasteiger partial charge in [0.1, 0.15) is 0 Å². The van der Waals surface area contributed by atoms with E-state index < -0.39 is 35.7 Å². The molecular weight excluding hydrogens is 283 g/mol. The molecule has 0 fully saturated rings. The molecular formula is C10H16F3N3O4. The summed E-state index contributed by atoms with van der Waals surface area (Å²) in [6.45, 7) is 3.21. The first-order valence-corrected chi connectivity index (χ1v) is 5.62. The molecule has 2 atom stereocenters. The van der Waals surface area contributed by atoms with Crippen LogP contribution in [0.3, 0.4) is 0 Å². The summed E-state index contributed by atoms with van der Waals surface area (Å²) in [7, 11) is 0. The first-order chi connectivity index (χ1) is 8.95. The topological polar surface area (TPSA) is 108 Å². The Hall–Kier alpha value is -1.84. The first kappa shape index (κ1) is 18.2. The lowest BCUT2D eigenvalue weighted by Gasteiger charge is -2.31. The number of carbonyl (C=O) groups is 3. The molecule has 116 valence electrons. The Labute approximate surface area is 112 Å². The minimum Gasteiger partial charge on any atom is -0.480 e. The van der Waals surface area contributed by atoms with Crippen molar-refractivity contribution in [3.05, 3.63) is 0 Å². The van der Waals surface area contributed by atoms with Gasteiger partial charge >= 0.3 is 18.2 Å². The Morgan fingerprint density at radius 1 is 1.25 bits per heavy atom. The number of urea groups is 1. The highest BCUT2D eigenvalue weighted by molar-refractivity contribution is 5.97. The molecule has 0 bridgehead atoms. The third kappa shape index (κ3) is 4.37. The van der Waals surface area contributed by atoms with Gasteiger partial charge in [-0.05, 0) is 20.8 Å². The van der Waals surface area contributed by atoms with E-state index in [0.717, 1.165) is 6.92 Å². The predicted molar refractivity (Wildman–Crippen MR) is 61.9 cm³/mol. The SMILES string of the molecule is CCNC(=O)NC(=O)C(C)NC(C)(C(=O)O)C(F)(F)F. The standard InChI is InChI=1S/C10H16F3N3O4/c1-4-14-8(20)15-6(17)5(2)16-9(3,7(18)19)10(11,12)13/h5,16H,4H2,1-3H3,(H,18,19)(H2,14,15,17,20). The highest BCUT2D eigenvalue weighted by atomic mass is 19.4. The molecule has 0 aromatic heterocycles. The number of hydrogen-bond donors (Lipinski definition) is 4. The highest BCUT2D eigenvalue weighted by Gasteiger charge is 2.58. The Kier molecular flexibility index (Phi) is 5.95. The van der Waals surface area contributed by atoms with Gasteiger partial charge in [-0.2, -0.15) is 13.2 Å². The van der Waals surface area contributed by atoms with E-state index in [1.807, 2.05) is 0 Å². The van der Waals surface area contributed by atoms with E-state index in [2.05, 4.69) is 5.32 Å². The van der Waals surface area contributed by atoms with Gasteiger partial charge in [-0.15, -0.1) is 0 Å². The molecule has 3 amide bonds. The molecule has 0 aliphatic carbocycles. The molecule has 0 spiro atoms. The number of carbonyl (C=O) groups excluding carboxylic acids is 2. The average molecular weight is 299 g/mol. The number of hydrogen-bond acceptors (Lipinski definition) is 4. The van der Waals surface area contributed by atoms with Gasteiger partial charge < -0.3 is 10.4 Å². The van der Waals surface area contributed by atoms with Gasteiger partial charge in [-0.1, -0.05) is 0 Å². The van der Waals surface area contributed by atoms with Gasteiger partial charge in [0.05, 0.1) is 6.04 Å². The van der Waals surface area contributed by atoms with Gasteiger partial charge in [-0.25, -0.2) is 9.59 Å². The van der Waals surface area contributed by atoms with E-state index in [0.29, 0.717) is 6.92 Å². The van der Waals surface area contributed by atoms with E-state index in [4.69, 9.17) is 5.11 Å². The third-order valence-corrected chi connectivity index (χ3v) is 2.47. The molecule has 0 aromatic carbocycles. The number of alkyl halides is 3. The predicted octanol–water partition coefficient (Wildman–Crippen LogP) is 0.216. The summed E-state index contributed by atoms with van der Waals surface area (Å²) in [5.74, 6) is -3.25. The Morgan fingerprint density at radius 2 is 1.75 bits per heavy atom. The van der Waals surface area contributed by atoms with Crippen LogP contribution >= 0.6 is 0 Å². The second kappa shape index (κ2) is 6.55. The van der Waals surface area contributed by atoms with Crippen LogP contribution in [0, 0.1) is 0 Å². The van der Waals surface area contributed by atoms with Crippen molar-refractivity contribution in [2.75, 3.05) is 6.54 Å². The van der Waals surface area contributed by atoms with E-state index in [1.54, 1.807) is 17.6 Å². The summed E-state index contributed by atoms with van der Waals surface area (Å²) in [4.78, 5) is 33.3. The quantitative estimate of drug-likeness (QED) is 0.581. The Balaban J connectivity index is 4.87. The van der Waals surface area contributed by atoms with Crippen molar-refractivity contribution in [2.45, 2.75) is 38.5 Å². The maximum Gasteiger partial charge on any atom is 0.417 e. The number of carboxylic acids is 1. The number of carboxylic acid groups (broad SMARTS) is 1. The summed E-state index contributed by atoms with van der Waals surface area (Å²) in [6.07, 6.45) is -5.11. The molecule has 0 aliphatic rings. The Bertz CT molecular complexity index is 400. The van der Waals surface area contributed by atoms with E-state index in [1.165, 1.54) is 0 Å². The molecule has 4 N–H and O–H groups in total.